The summed E-state index contributed by atoms with van der Waals surface area (Å²) in [5.74, 6) is 0.0612. The van der Waals surface area contributed by atoms with E-state index >= 15 is 0 Å². The molecule has 1 aromatic rings. The largest absolute Gasteiger partial charge is 0.496 e. The van der Waals surface area contributed by atoms with Gasteiger partial charge in [-0.3, -0.25) is 4.79 Å². The summed E-state index contributed by atoms with van der Waals surface area (Å²) < 4.78 is 21.5. The van der Waals surface area contributed by atoms with E-state index in [0.717, 1.165) is 6.42 Å². The van der Waals surface area contributed by atoms with Crippen molar-refractivity contribution in [2.45, 2.75) is 46.6 Å². The second-order valence-corrected chi connectivity index (χ2v) is 8.25. The lowest BCUT2D eigenvalue weighted by molar-refractivity contribution is -0.137. The molecule has 0 spiro atoms. The molecule has 0 aromatic heterocycles. The van der Waals surface area contributed by atoms with Crippen LogP contribution in [0, 0.1) is 5.41 Å². The van der Waals surface area contributed by atoms with Crippen LogP contribution in [0.5, 0.6) is 11.5 Å². The Morgan fingerprint density at radius 3 is 2.29 bits per heavy atom. The lowest BCUT2D eigenvalue weighted by atomic mass is 9.82. The van der Waals surface area contributed by atoms with Crippen molar-refractivity contribution >= 4 is 27.3 Å². The molecular weight excluding hydrogens is 379 g/mol. The summed E-state index contributed by atoms with van der Waals surface area (Å²) in [6.07, 6.45) is 2.27. The molecule has 1 unspecified atom stereocenters. The molecule has 28 heavy (non-hydrogen) atoms. The Morgan fingerprint density at radius 2 is 1.79 bits per heavy atom. The first-order valence-corrected chi connectivity index (χ1v) is 9.41. The van der Waals surface area contributed by atoms with Gasteiger partial charge in [-0.05, 0) is 45.4 Å². The van der Waals surface area contributed by atoms with Gasteiger partial charge in [-0.1, -0.05) is 13.8 Å². The first-order valence-electron chi connectivity index (χ1n) is 8.94. The molecule has 1 atom stereocenters. The zero-order chi connectivity index (χ0) is 21.5. The molecule has 1 rings (SSSR count). The van der Waals surface area contributed by atoms with Crippen LogP contribution in [0.3, 0.4) is 0 Å². The van der Waals surface area contributed by atoms with Crippen LogP contribution in [0.15, 0.2) is 23.8 Å². The summed E-state index contributed by atoms with van der Waals surface area (Å²) in [6.45, 7) is 10.1. The van der Waals surface area contributed by atoms with E-state index in [0.29, 0.717) is 23.7 Å². The second kappa shape index (κ2) is 10.0. The van der Waals surface area contributed by atoms with E-state index in [4.69, 9.17) is 14.0 Å². The molecular formula is C21H31O6P. The monoisotopic (exact) mass is 410 g/mol. The molecule has 0 aliphatic carbocycles. The smallest absolute Gasteiger partial charge is 0.341 e. The van der Waals surface area contributed by atoms with Crippen LogP contribution in [0.1, 0.15) is 46.6 Å². The molecule has 0 N–H and O–H groups in total. The highest BCUT2D eigenvalue weighted by atomic mass is 31.0. The third-order valence-corrected chi connectivity index (χ3v) is 4.78. The van der Waals surface area contributed by atoms with Gasteiger partial charge in [-0.15, -0.1) is 0 Å². The zero-order valence-electron chi connectivity index (χ0n) is 17.8. The quantitative estimate of drug-likeness (QED) is 0.189. The number of methoxy groups -OCH3 is 2. The van der Waals surface area contributed by atoms with E-state index in [1.54, 1.807) is 18.2 Å². The number of Topliss-reactive ketones (excluding diaryl/α,β-unsaturated/α-hetero) is 1. The fourth-order valence-electron chi connectivity index (χ4n) is 2.99. The van der Waals surface area contributed by atoms with Gasteiger partial charge in [0.1, 0.15) is 17.1 Å². The maximum Gasteiger partial charge on any atom is 0.341 e. The molecule has 6 nitrogen and oxygen atoms in total. The summed E-state index contributed by atoms with van der Waals surface area (Å²) >= 11 is 0. The van der Waals surface area contributed by atoms with Crippen LogP contribution in [0.4, 0.5) is 0 Å². The van der Waals surface area contributed by atoms with E-state index in [-0.39, 0.29) is 22.4 Å². The number of rotatable bonds is 10. The number of benzene rings is 1. The Labute approximate surface area is 169 Å². The highest BCUT2D eigenvalue weighted by molar-refractivity contribution is 7.09. The van der Waals surface area contributed by atoms with Gasteiger partial charge in [0.15, 0.2) is 5.78 Å². The first-order chi connectivity index (χ1) is 12.9. The van der Waals surface area contributed by atoms with Crippen molar-refractivity contribution in [3.05, 3.63) is 29.3 Å². The van der Waals surface area contributed by atoms with Crippen LogP contribution < -0.4 is 9.47 Å². The van der Waals surface area contributed by atoms with Gasteiger partial charge in [0, 0.05) is 26.5 Å². The van der Waals surface area contributed by atoms with Crippen molar-refractivity contribution in [3.63, 3.8) is 0 Å². The van der Waals surface area contributed by atoms with E-state index in [1.165, 1.54) is 27.2 Å². The molecule has 0 aliphatic heterocycles. The minimum Gasteiger partial charge on any atom is -0.496 e. The second-order valence-electron chi connectivity index (χ2n) is 8.02. The van der Waals surface area contributed by atoms with E-state index in [2.05, 4.69) is 28.1 Å². The van der Waals surface area contributed by atoms with E-state index in [9.17, 15) is 9.59 Å². The van der Waals surface area contributed by atoms with Crippen molar-refractivity contribution in [3.8, 4) is 11.5 Å². The summed E-state index contributed by atoms with van der Waals surface area (Å²) in [5, 5.41) is 0. The van der Waals surface area contributed by atoms with Crippen molar-refractivity contribution in [1.29, 1.82) is 0 Å². The van der Waals surface area contributed by atoms with Crippen LogP contribution in [-0.2, 0) is 18.8 Å². The summed E-state index contributed by atoms with van der Waals surface area (Å²) in [7, 11) is 5.07. The summed E-state index contributed by atoms with van der Waals surface area (Å²) in [5.41, 5.74) is 0.150. The lowest BCUT2D eigenvalue weighted by Crippen LogP contribution is -2.33. The maximum absolute atomic E-state index is 11.8. The van der Waals surface area contributed by atoms with Gasteiger partial charge in [0.25, 0.3) is 0 Å². The summed E-state index contributed by atoms with van der Waals surface area (Å²) in [4.78, 5) is 23.5. The van der Waals surface area contributed by atoms with Gasteiger partial charge in [0.2, 0.25) is 0 Å². The van der Waals surface area contributed by atoms with Crippen LogP contribution in [0.2, 0.25) is 0 Å². The third kappa shape index (κ3) is 7.25. The number of ether oxygens (including phenoxy) is 3. The van der Waals surface area contributed by atoms with Crippen LogP contribution in [0.25, 0.3) is 6.08 Å². The molecule has 0 amide bonds. The van der Waals surface area contributed by atoms with Crippen LogP contribution >= 0.6 is 9.47 Å². The predicted octanol–water partition coefficient (Wildman–Crippen LogP) is 4.22. The minimum atomic E-state index is -0.685. The van der Waals surface area contributed by atoms with Gasteiger partial charge in [-0.25, -0.2) is 4.79 Å². The minimum absolute atomic E-state index is 0.0460. The Hall–Kier alpha value is -1.91. The zero-order valence-corrected chi connectivity index (χ0v) is 18.9. The topological polar surface area (TPSA) is 71.1 Å². The van der Waals surface area contributed by atoms with Crippen molar-refractivity contribution in [1.82, 2.24) is 0 Å². The molecule has 0 saturated carbocycles. The molecule has 0 radical (unpaired) electrons. The van der Waals surface area contributed by atoms with Gasteiger partial charge in [-0.2, -0.15) is 0 Å². The Kier molecular flexibility index (Phi) is 8.65. The lowest BCUT2D eigenvalue weighted by Gasteiger charge is -2.33. The number of ketones is 1. The molecule has 0 aliphatic rings. The maximum atomic E-state index is 11.8. The van der Waals surface area contributed by atoms with Crippen molar-refractivity contribution in [2.75, 3.05) is 20.8 Å². The number of carbonyl (C=O) groups excluding carboxylic acids is 2. The SMILES string of the molecule is COC(=O)/C(=C\c1ccc(OCC(C)(C)CC(C)(C)OP)cc1OC)C(C)=O. The van der Waals surface area contributed by atoms with E-state index < -0.39 is 5.97 Å². The normalized spacial score (nSPS) is 12.5. The molecule has 7 heteroatoms. The fourth-order valence-corrected chi connectivity index (χ4v) is 3.08. The van der Waals surface area contributed by atoms with Gasteiger partial charge < -0.3 is 18.7 Å². The standard InChI is InChI=1S/C21H31O6P/c1-14(22)17(19(23)25-7)10-15-8-9-16(11-18(15)24-6)26-13-20(2,3)12-21(4,5)27-28/h8-11H,12-13,28H2,1-7H3/b17-10-. The highest BCUT2D eigenvalue weighted by Crippen LogP contribution is 2.33. The summed E-state index contributed by atoms with van der Waals surface area (Å²) in [6, 6.07) is 5.24. The number of esters is 1. The number of hydrogen-bond acceptors (Lipinski definition) is 6. The fraction of sp³-hybridized carbons (Fsp3) is 0.524. The Balaban J connectivity index is 3.02. The van der Waals surface area contributed by atoms with Crippen molar-refractivity contribution < 1.29 is 28.3 Å². The average Bonchev–Trinajstić information content (AvgIpc) is 2.63. The van der Waals surface area contributed by atoms with Gasteiger partial charge in [0.05, 0.1) is 26.4 Å². The molecule has 0 saturated heterocycles. The first kappa shape index (κ1) is 24.1. The Morgan fingerprint density at radius 1 is 1.14 bits per heavy atom. The average molecular weight is 410 g/mol. The number of carbonyl (C=O) groups is 2. The molecule has 156 valence electrons. The van der Waals surface area contributed by atoms with Crippen molar-refractivity contribution in [2.24, 2.45) is 5.41 Å². The number of hydrogen-bond donors (Lipinski definition) is 0. The molecule has 1 aromatic carbocycles. The molecule has 0 fully saturated rings. The third-order valence-electron chi connectivity index (χ3n) is 4.14. The Bertz CT molecular complexity index is 736. The highest BCUT2D eigenvalue weighted by Gasteiger charge is 2.29. The molecule has 0 heterocycles. The van der Waals surface area contributed by atoms with Crippen LogP contribution in [-0.4, -0.2) is 38.2 Å². The molecule has 0 bridgehead atoms. The van der Waals surface area contributed by atoms with E-state index in [1.807, 2.05) is 13.8 Å². The predicted molar refractivity (Wildman–Crippen MR) is 112 cm³/mol. The van der Waals surface area contributed by atoms with Gasteiger partial charge >= 0.3 is 5.97 Å².